The predicted molar refractivity (Wildman–Crippen MR) is 97.6 cm³/mol. The van der Waals surface area contributed by atoms with Crippen molar-refractivity contribution in [2.24, 2.45) is 0 Å². The number of benzene rings is 2. The highest BCUT2D eigenvalue weighted by Crippen LogP contribution is 2.34. The second-order valence-corrected chi connectivity index (χ2v) is 5.61. The minimum atomic E-state index is -4.66. The van der Waals surface area contributed by atoms with Crippen molar-refractivity contribution in [3.8, 4) is 11.8 Å². The van der Waals surface area contributed by atoms with Gasteiger partial charge in [0.05, 0.1) is 18.4 Å². The standard InChI is InChI=1S/C20H15F3N2O4/c1-28-15-6-4-5-13(10-15)9-14(11-24)19(27)29-12-18(26)25-17-8-3-2-7-16(17)20(21,22)23/h2-10H,12H2,1H3,(H,25,26)/b14-9+. The zero-order valence-corrected chi connectivity index (χ0v) is 15.1. The van der Waals surface area contributed by atoms with Gasteiger partial charge in [0.15, 0.2) is 6.61 Å². The Kier molecular flexibility index (Phi) is 6.98. The third-order valence-corrected chi connectivity index (χ3v) is 3.59. The number of carbonyl (C=O) groups is 2. The molecule has 0 aliphatic heterocycles. The van der Waals surface area contributed by atoms with E-state index in [1.54, 1.807) is 30.3 Å². The number of ether oxygens (including phenoxy) is 2. The van der Waals surface area contributed by atoms with Gasteiger partial charge < -0.3 is 14.8 Å². The maximum absolute atomic E-state index is 12.9. The van der Waals surface area contributed by atoms with Gasteiger partial charge >= 0.3 is 12.1 Å². The first-order valence-electron chi connectivity index (χ1n) is 8.13. The molecule has 0 spiro atoms. The first-order chi connectivity index (χ1) is 13.7. The van der Waals surface area contributed by atoms with Gasteiger partial charge in [0.25, 0.3) is 5.91 Å². The number of halogens is 3. The minimum Gasteiger partial charge on any atom is -0.497 e. The van der Waals surface area contributed by atoms with Crippen LogP contribution in [-0.2, 0) is 20.5 Å². The summed E-state index contributed by atoms with van der Waals surface area (Å²) in [5.41, 5.74) is -1.40. The van der Waals surface area contributed by atoms with E-state index >= 15 is 0 Å². The second kappa shape index (κ2) is 9.41. The number of nitriles is 1. The number of rotatable bonds is 6. The average molecular weight is 404 g/mol. The van der Waals surface area contributed by atoms with E-state index in [9.17, 15) is 22.8 Å². The Labute approximate surface area is 164 Å². The molecule has 1 N–H and O–H groups in total. The van der Waals surface area contributed by atoms with Crippen LogP contribution in [0.4, 0.5) is 18.9 Å². The monoisotopic (exact) mass is 404 g/mol. The van der Waals surface area contributed by atoms with Gasteiger partial charge in [-0.25, -0.2) is 4.79 Å². The Morgan fingerprint density at radius 2 is 1.90 bits per heavy atom. The van der Waals surface area contributed by atoms with Gasteiger partial charge in [-0.2, -0.15) is 18.4 Å². The van der Waals surface area contributed by atoms with Crippen LogP contribution in [0.3, 0.4) is 0 Å². The van der Waals surface area contributed by atoms with Crippen LogP contribution in [0.25, 0.3) is 6.08 Å². The molecule has 0 unspecified atom stereocenters. The number of para-hydroxylation sites is 1. The van der Waals surface area contributed by atoms with Crippen molar-refractivity contribution in [1.29, 1.82) is 5.26 Å². The Balaban J connectivity index is 2.03. The smallest absolute Gasteiger partial charge is 0.418 e. The number of alkyl halides is 3. The highest BCUT2D eigenvalue weighted by atomic mass is 19.4. The number of carbonyl (C=O) groups excluding carboxylic acids is 2. The fraction of sp³-hybridized carbons (Fsp3) is 0.150. The van der Waals surface area contributed by atoms with Gasteiger partial charge in [0.1, 0.15) is 17.4 Å². The summed E-state index contributed by atoms with van der Waals surface area (Å²) in [6, 6.07) is 12.6. The van der Waals surface area contributed by atoms with E-state index in [0.29, 0.717) is 11.3 Å². The average Bonchev–Trinajstić information content (AvgIpc) is 2.70. The van der Waals surface area contributed by atoms with Crippen molar-refractivity contribution >= 4 is 23.6 Å². The quantitative estimate of drug-likeness (QED) is 0.449. The lowest BCUT2D eigenvalue weighted by molar-refractivity contribution is -0.143. The van der Waals surface area contributed by atoms with Crippen LogP contribution in [0.1, 0.15) is 11.1 Å². The number of amides is 1. The van der Waals surface area contributed by atoms with E-state index in [-0.39, 0.29) is 5.57 Å². The van der Waals surface area contributed by atoms with Crippen LogP contribution >= 0.6 is 0 Å². The summed E-state index contributed by atoms with van der Waals surface area (Å²) in [6.45, 7) is -0.859. The van der Waals surface area contributed by atoms with Crippen molar-refractivity contribution in [1.82, 2.24) is 0 Å². The van der Waals surface area contributed by atoms with Crippen molar-refractivity contribution in [3.05, 3.63) is 65.2 Å². The summed E-state index contributed by atoms with van der Waals surface area (Å²) in [5.74, 6) is -1.56. The molecule has 0 saturated heterocycles. The largest absolute Gasteiger partial charge is 0.497 e. The zero-order chi connectivity index (χ0) is 21.4. The highest BCUT2D eigenvalue weighted by Gasteiger charge is 2.33. The fourth-order valence-corrected chi connectivity index (χ4v) is 2.27. The van der Waals surface area contributed by atoms with E-state index in [2.05, 4.69) is 0 Å². The lowest BCUT2D eigenvalue weighted by Crippen LogP contribution is -2.23. The van der Waals surface area contributed by atoms with Gasteiger partial charge in [0.2, 0.25) is 0 Å². The molecule has 9 heteroatoms. The molecule has 6 nitrogen and oxygen atoms in total. The molecule has 29 heavy (non-hydrogen) atoms. The highest BCUT2D eigenvalue weighted by molar-refractivity contribution is 6.00. The number of nitrogens with zero attached hydrogens (tertiary/aromatic N) is 1. The Morgan fingerprint density at radius 3 is 2.55 bits per heavy atom. The fourth-order valence-electron chi connectivity index (χ4n) is 2.27. The lowest BCUT2D eigenvalue weighted by Gasteiger charge is -2.13. The SMILES string of the molecule is COc1cccc(/C=C(\C#N)C(=O)OCC(=O)Nc2ccccc2C(F)(F)F)c1. The molecule has 2 aromatic rings. The predicted octanol–water partition coefficient (Wildman–Crippen LogP) is 3.80. The zero-order valence-electron chi connectivity index (χ0n) is 15.1. The molecule has 0 aromatic heterocycles. The van der Waals surface area contributed by atoms with Gasteiger partial charge in [-0.15, -0.1) is 0 Å². The number of hydrogen-bond donors (Lipinski definition) is 1. The molecule has 150 valence electrons. The maximum Gasteiger partial charge on any atom is 0.418 e. The summed E-state index contributed by atoms with van der Waals surface area (Å²) in [6.07, 6.45) is -3.42. The van der Waals surface area contributed by atoms with E-state index in [1.165, 1.54) is 25.3 Å². The molecular formula is C20H15F3N2O4. The Morgan fingerprint density at radius 1 is 1.17 bits per heavy atom. The first-order valence-corrected chi connectivity index (χ1v) is 8.13. The third-order valence-electron chi connectivity index (χ3n) is 3.59. The number of nitrogens with one attached hydrogen (secondary N) is 1. The van der Waals surface area contributed by atoms with Gasteiger partial charge in [-0.1, -0.05) is 24.3 Å². The maximum atomic E-state index is 12.9. The number of hydrogen-bond acceptors (Lipinski definition) is 5. The van der Waals surface area contributed by atoms with Crippen LogP contribution in [0.15, 0.2) is 54.1 Å². The molecule has 0 heterocycles. The van der Waals surface area contributed by atoms with E-state index in [4.69, 9.17) is 14.7 Å². The molecule has 0 aliphatic carbocycles. The van der Waals surface area contributed by atoms with Crippen LogP contribution in [0, 0.1) is 11.3 Å². The van der Waals surface area contributed by atoms with Crippen LogP contribution < -0.4 is 10.1 Å². The molecule has 0 aliphatic rings. The van der Waals surface area contributed by atoms with Crippen molar-refractivity contribution in [2.45, 2.75) is 6.18 Å². The number of methoxy groups -OCH3 is 1. The normalized spacial score (nSPS) is 11.3. The molecule has 2 rings (SSSR count). The van der Waals surface area contributed by atoms with Crippen LogP contribution in [0.5, 0.6) is 5.75 Å². The second-order valence-electron chi connectivity index (χ2n) is 5.61. The summed E-state index contributed by atoms with van der Waals surface area (Å²) in [7, 11) is 1.46. The molecule has 0 atom stereocenters. The van der Waals surface area contributed by atoms with Crippen LogP contribution in [-0.4, -0.2) is 25.6 Å². The molecular weight excluding hydrogens is 389 g/mol. The van der Waals surface area contributed by atoms with E-state index in [1.807, 2.05) is 5.32 Å². The van der Waals surface area contributed by atoms with Gasteiger partial charge in [0, 0.05) is 0 Å². The summed E-state index contributed by atoms with van der Waals surface area (Å²) < 4.78 is 48.6. The number of esters is 1. The summed E-state index contributed by atoms with van der Waals surface area (Å²) in [5, 5.41) is 11.2. The van der Waals surface area contributed by atoms with Gasteiger partial charge in [-0.3, -0.25) is 4.79 Å². The van der Waals surface area contributed by atoms with E-state index in [0.717, 1.165) is 12.1 Å². The van der Waals surface area contributed by atoms with Crippen molar-refractivity contribution in [3.63, 3.8) is 0 Å². The Hall–Kier alpha value is -3.80. The van der Waals surface area contributed by atoms with Gasteiger partial charge in [-0.05, 0) is 35.9 Å². The topological polar surface area (TPSA) is 88.4 Å². The van der Waals surface area contributed by atoms with E-state index < -0.39 is 35.9 Å². The molecule has 0 bridgehead atoms. The summed E-state index contributed by atoms with van der Waals surface area (Å²) >= 11 is 0. The lowest BCUT2D eigenvalue weighted by atomic mass is 10.1. The molecule has 0 radical (unpaired) electrons. The van der Waals surface area contributed by atoms with Crippen LogP contribution in [0.2, 0.25) is 0 Å². The first kappa shape index (κ1) is 21.5. The Bertz CT molecular complexity index is 978. The molecule has 0 saturated carbocycles. The summed E-state index contributed by atoms with van der Waals surface area (Å²) in [4.78, 5) is 23.9. The minimum absolute atomic E-state index is 0.387. The molecule has 0 fully saturated rings. The number of anilines is 1. The third kappa shape index (κ3) is 6.10. The molecule has 1 amide bonds. The van der Waals surface area contributed by atoms with Crippen molar-refractivity contribution < 1.29 is 32.2 Å². The molecule has 2 aromatic carbocycles. The van der Waals surface area contributed by atoms with Crippen molar-refractivity contribution in [2.75, 3.05) is 19.0 Å².